The van der Waals surface area contributed by atoms with Gasteiger partial charge in [0.05, 0.1) is 11.4 Å². The number of hydrogen-bond donors (Lipinski definition) is 0. The fraction of sp³-hybridized carbons (Fsp3) is 0. The molecule has 0 amide bonds. The Morgan fingerprint density at radius 2 is 1.00 bits per heavy atom. The van der Waals surface area contributed by atoms with Crippen molar-refractivity contribution in [1.82, 2.24) is 5.45 Å². The second kappa shape index (κ2) is 4.72. The van der Waals surface area contributed by atoms with E-state index < -0.39 is 5.45 Å². The molecule has 16 heavy (non-hydrogen) atoms. The number of rotatable bonds is 3. The summed E-state index contributed by atoms with van der Waals surface area (Å²) in [5, 5.41) is 0.833. The van der Waals surface area contributed by atoms with Crippen LogP contribution in [0.1, 0.15) is 0 Å². The van der Waals surface area contributed by atoms with Crippen LogP contribution >= 0.6 is 0 Å². The van der Waals surface area contributed by atoms with Crippen molar-refractivity contribution in [2.24, 2.45) is 0 Å². The fourth-order valence-corrected chi connectivity index (χ4v) is 1.46. The van der Waals surface area contributed by atoms with Crippen LogP contribution in [0.15, 0.2) is 60.7 Å². The van der Waals surface area contributed by atoms with Crippen LogP contribution in [0, 0.1) is 0 Å². The number of hydrogen-bond acceptors (Lipinski definition) is 2. The molecule has 0 aliphatic rings. The number of hydrazine groups is 1. The second-order valence-corrected chi connectivity index (χ2v) is 3.20. The molecule has 0 aliphatic heterocycles. The number of nitrogens with zero attached hydrogens (tertiary/aromatic N) is 2. The first-order valence-electron chi connectivity index (χ1n) is 4.81. The molecular weight excluding hydrogens is 210 g/mol. The Labute approximate surface area is 92.2 Å². The lowest BCUT2D eigenvalue weighted by Crippen LogP contribution is -2.25. The Morgan fingerprint density at radius 1 is 0.625 bits per heavy atom. The van der Waals surface area contributed by atoms with Crippen molar-refractivity contribution in [3.05, 3.63) is 60.7 Å². The lowest BCUT2D eigenvalue weighted by molar-refractivity contribution is -0.153. The van der Waals surface area contributed by atoms with E-state index in [9.17, 15) is 8.96 Å². The Hall–Kier alpha value is -1.94. The molecule has 0 N–H and O–H groups in total. The second-order valence-electron chi connectivity index (χ2n) is 3.20. The normalized spacial score (nSPS) is 10.4. The van der Waals surface area contributed by atoms with E-state index in [4.69, 9.17) is 0 Å². The molecule has 0 fully saturated rings. The predicted octanol–water partition coefficient (Wildman–Crippen LogP) is 3.81. The molecule has 0 atom stereocenters. The van der Waals surface area contributed by atoms with E-state index in [1.807, 2.05) is 0 Å². The Morgan fingerprint density at radius 3 is 1.31 bits per heavy atom. The van der Waals surface area contributed by atoms with E-state index in [-0.39, 0.29) is 0 Å². The van der Waals surface area contributed by atoms with Gasteiger partial charge in [-0.25, -0.2) is 5.01 Å². The van der Waals surface area contributed by atoms with Gasteiger partial charge in [0.25, 0.3) is 0 Å². The highest BCUT2D eigenvalue weighted by molar-refractivity contribution is 5.60. The van der Waals surface area contributed by atoms with Crippen molar-refractivity contribution in [2.75, 3.05) is 5.01 Å². The van der Waals surface area contributed by atoms with Crippen LogP contribution in [0.2, 0.25) is 0 Å². The first kappa shape index (κ1) is 10.6. The van der Waals surface area contributed by atoms with Gasteiger partial charge in [-0.05, 0) is 24.3 Å². The van der Waals surface area contributed by atoms with Crippen molar-refractivity contribution in [3.8, 4) is 0 Å². The monoisotopic (exact) mass is 220 g/mol. The van der Waals surface area contributed by atoms with E-state index in [1.165, 1.54) is 0 Å². The number of benzene rings is 2. The molecule has 0 heterocycles. The molecule has 0 radical (unpaired) electrons. The Kier molecular flexibility index (Phi) is 3.12. The molecular formula is C12H10F2N2. The molecule has 2 aromatic rings. The maximum atomic E-state index is 12.8. The van der Waals surface area contributed by atoms with Gasteiger partial charge in [0, 0.05) is 0 Å². The van der Waals surface area contributed by atoms with Gasteiger partial charge >= 0.3 is 0 Å². The van der Waals surface area contributed by atoms with Gasteiger partial charge in [0.2, 0.25) is 0 Å². The van der Waals surface area contributed by atoms with E-state index in [0.29, 0.717) is 11.4 Å². The highest BCUT2D eigenvalue weighted by Crippen LogP contribution is 2.27. The number of halogens is 2. The molecule has 4 heteroatoms. The first-order valence-corrected chi connectivity index (χ1v) is 4.81. The van der Waals surface area contributed by atoms with Crippen LogP contribution in [0.3, 0.4) is 0 Å². The fourth-order valence-electron chi connectivity index (χ4n) is 1.46. The maximum Gasteiger partial charge on any atom is 0.127 e. The molecule has 0 saturated heterocycles. The molecule has 82 valence electrons. The SMILES string of the molecule is FN(F)N(c1ccccc1)c1ccccc1. The molecule has 0 aromatic heterocycles. The predicted molar refractivity (Wildman–Crippen MR) is 59.1 cm³/mol. The molecule has 0 aliphatic carbocycles. The van der Waals surface area contributed by atoms with E-state index in [0.717, 1.165) is 5.01 Å². The molecule has 2 aromatic carbocycles. The van der Waals surface area contributed by atoms with Crippen molar-refractivity contribution in [1.29, 1.82) is 0 Å². The van der Waals surface area contributed by atoms with Crippen molar-refractivity contribution < 1.29 is 8.96 Å². The average Bonchev–Trinajstić information content (AvgIpc) is 2.31. The van der Waals surface area contributed by atoms with Crippen LogP contribution in [0.25, 0.3) is 0 Å². The minimum Gasteiger partial charge on any atom is -0.219 e. The van der Waals surface area contributed by atoms with Gasteiger partial charge in [-0.3, -0.25) is 0 Å². The highest BCUT2D eigenvalue weighted by atomic mass is 19.4. The number of anilines is 2. The maximum absolute atomic E-state index is 12.8. The summed E-state index contributed by atoms with van der Waals surface area (Å²) in [7, 11) is 0. The van der Waals surface area contributed by atoms with E-state index in [2.05, 4.69) is 0 Å². The first-order chi connectivity index (χ1) is 7.79. The smallest absolute Gasteiger partial charge is 0.127 e. The average molecular weight is 220 g/mol. The highest BCUT2D eigenvalue weighted by Gasteiger charge is 2.16. The molecule has 2 rings (SSSR count). The summed E-state index contributed by atoms with van der Waals surface area (Å²) >= 11 is 0. The summed E-state index contributed by atoms with van der Waals surface area (Å²) in [6.07, 6.45) is 0. The zero-order valence-electron chi connectivity index (χ0n) is 8.42. The molecule has 0 saturated carbocycles. The summed E-state index contributed by atoms with van der Waals surface area (Å²) in [5.74, 6) is 0. The molecule has 0 bridgehead atoms. The van der Waals surface area contributed by atoms with Gasteiger partial charge in [0.1, 0.15) is 5.45 Å². The summed E-state index contributed by atoms with van der Waals surface area (Å²) in [4.78, 5) is 0. The van der Waals surface area contributed by atoms with E-state index in [1.54, 1.807) is 60.7 Å². The quantitative estimate of drug-likeness (QED) is 0.573. The Balaban J connectivity index is 2.40. The minimum absolute atomic E-state index is 0.415. The zero-order valence-corrected chi connectivity index (χ0v) is 8.42. The third kappa shape index (κ3) is 2.17. The molecule has 0 unspecified atom stereocenters. The van der Waals surface area contributed by atoms with Crippen LogP contribution in [-0.2, 0) is 0 Å². The molecule has 2 nitrogen and oxygen atoms in total. The van der Waals surface area contributed by atoms with Crippen LogP contribution in [-0.4, -0.2) is 5.45 Å². The van der Waals surface area contributed by atoms with Gasteiger partial charge in [-0.2, -0.15) is 0 Å². The van der Waals surface area contributed by atoms with Crippen molar-refractivity contribution in [3.63, 3.8) is 0 Å². The summed E-state index contributed by atoms with van der Waals surface area (Å²) in [6.45, 7) is 0. The summed E-state index contributed by atoms with van der Waals surface area (Å²) in [6, 6.07) is 16.9. The van der Waals surface area contributed by atoms with Gasteiger partial charge in [-0.1, -0.05) is 45.4 Å². The van der Waals surface area contributed by atoms with Crippen molar-refractivity contribution in [2.45, 2.75) is 0 Å². The lowest BCUT2D eigenvalue weighted by Gasteiger charge is -2.23. The third-order valence-corrected chi connectivity index (χ3v) is 2.15. The standard InChI is InChI=1S/C12H10F2N2/c13-16(14)15(11-7-3-1-4-8-11)12-9-5-2-6-10-12/h1-10H. The van der Waals surface area contributed by atoms with E-state index >= 15 is 0 Å². The molecule has 0 spiro atoms. The zero-order chi connectivity index (χ0) is 11.4. The minimum atomic E-state index is -0.926. The number of para-hydroxylation sites is 2. The van der Waals surface area contributed by atoms with Crippen LogP contribution in [0.5, 0.6) is 0 Å². The van der Waals surface area contributed by atoms with Crippen molar-refractivity contribution >= 4 is 11.4 Å². The van der Waals surface area contributed by atoms with Crippen LogP contribution < -0.4 is 5.01 Å². The lowest BCUT2D eigenvalue weighted by atomic mass is 10.2. The van der Waals surface area contributed by atoms with Gasteiger partial charge in [-0.15, -0.1) is 0 Å². The third-order valence-electron chi connectivity index (χ3n) is 2.15. The summed E-state index contributed by atoms with van der Waals surface area (Å²) < 4.78 is 25.7. The van der Waals surface area contributed by atoms with Crippen LogP contribution in [0.4, 0.5) is 20.3 Å². The summed E-state index contributed by atoms with van der Waals surface area (Å²) in [5.41, 5.74) is -0.0950. The topological polar surface area (TPSA) is 6.48 Å². The largest absolute Gasteiger partial charge is 0.219 e. The van der Waals surface area contributed by atoms with Gasteiger partial charge in [0.15, 0.2) is 0 Å². The Bertz CT molecular complexity index is 392. The van der Waals surface area contributed by atoms with Gasteiger partial charge < -0.3 is 0 Å².